The predicted octanol–water partition coefficient (Wildman–Crippen LogP) is 3.11. The van der Waals surface area contributed by atoms with Crippen molar-refractivity contribution in [1.82, 2.24) is 10.2 Å². The highest BCUT2D eigenvalue weighted by Gasteiger charge is 2.49. The van der Waals surface area contributed by atoms with Crippen LogP contribution < -0.4 is 10.6 Å². The smallest absolute Gasteiger partial charge is 0.325 e. The van der Waals surface area contributed by atoms with Crippen molar-refractivity contribution in [2.45, 2.75) is 18.6 Å². The van der Waals surface area contributed by atoms with Crippen molar-refractivity contribution < 1.29 is 27.6 Å². The lowest BCUT2D eigenvalue weighted by Crippen LogP contribution is -2.42. The van der Waals surface area contributed by atoms with Gasteiger partial charge in [0, 0.05) is 5.69 Å². The number of urea groups is 1. The third kappa shape index (κ3) is 3.68. The first-order valence-corrected chi connectivity index (χ1v) is 8.28. The van der Waals surface area contributed by atoms with Crippen LogP contribution in [-0.2, 0) is 21.3 Å². The van der Waals surface area contributed by atoms with E-state index in [1.165, 1.54) is 13.0 Å². The van der Waals surface area contributed by atoms with E-state index in [2.05, 4.69) is 10.6 Å². The van der Waals surface area contributed by atoms with Gasteiger partial charge < -0.3 is 10.6 Å². The van der Waals surface area contributed by atoms with Crippen molar-refractivity contribution in [1.29, 1.82) is 0 Å². The summed E-state index contributed by atoms with van der Waals surface area (Å²) in [6.07, 6.45) is -4.55. The highest BCUT2D eigenvalue weighted by Crippen LogP contribution is 2.31. The van der Waals surface area contributed by atoms with Crippen LogP contribution in [0.5, 0.6) is 0 Å². The second-order valence-corrected chi connectivity index (χ2v) is 6.44. The maximum Gasteiger partial charge on any atom is 0.416 e. The summed E-state index contributed by atoms with van der Waals surface area (Å²) in [6.45, 7) is 0.899. The van der Waals surface area contributed by atoms with Crippen LogP contribution in [0.15, 0.2) is 54.6 Å². The molecule has 2 N–H and O–H groups in total. The maximum absolute atomic E-state index is 12.8. The Balaban J connectivity index is 1.73. The Hall–Kier alpha value is -3.36. The SMILES string of the molecule is C[C@@]1(c2ccccc2)NC(=O)N(CC(=O)Nc2cccc(C(F)(F)F)c2)C1=O. The molecule has 9 heteroatoms. The normalized spacial score (nSPS) is 19.5. The van der Waals surface area contributed by atoms with Gasteiger partial charge in [0.15, 0.2) is 0 Å². The number of carbonyl (C=O) groups is 3. The molecule has 1 aliphatic rings. The number of carbonyl (C=O) groups excluding carboxylic acids is 3. The fraction of sp³-hybridized carbons (Fsp3) is 0.211. The topological polar surface area (TPSA) is 78.5 Å². The third-order valence-electron chi connectivity index (χ3n) is 4.40. The molecule has 0 radical (unpaired) electrons. The zero-order valence-electron chi connectivity index (χ0n) is 14.7. The molecular formula is C19H16F3N3O3. The molecule has 0 bridgehead atoms. The van der Waals surface area contributed by atoms with Crippen LogP contribution in [0.2, 0.25) is 0 Å². The molecule has 0 unspecified atom stereocenters. The average Bonchev–Trinajstić information content (AvgIpc) is 2.86. The molecule has 6 nitrogen and oxygen atoms in total. The van der Waals surface area contributed by atoms with E-state index in [4.69, 9.17) is 0 Å². The summed E-state index contributed by atoms with van der Waals surface area (Å²) in [7, 11) is 0. The van der Waals surface area contributed by atoms with Gasteiger partial charge in [0.05, 0.1) is 5.56 Å². The highest BCUT2D eigenvalue weighted by atomic mass is 19.4. The Morgan fingerprint density at radius 3 is 2.43 bits per heavy atom. The van der Waals surface area contributed by atoms with E-state index < -0.39 is 41.7 Å². The fourth-order valence-corrected chi connectivity index (χ4v) is 2.93. The van der Waals surface area contributed by atoms with E-state index >= 15 is 0 Å². The number of anilines is 1. The predicted molar refractivity (Wildman–Crippen MR) is 94.1 cm³/mol. The average molecular weight is 391 g/mol. The largest absolute Gasteiger partial charge is 0.416 e. The standard InChI is InChI=1S/C19H16F3N3O3/c1-18(12-6-3-2-4-7-12)16(27)25(17(28)24-18)11-15(26)23-14-9-5-8-13(10-14)19(20,21)22/h2-10H,11H2,1H3,(H,23,26)(H,24,28)/t18-/m0/s1. The minimum atomic E-state index is -4.55. The van der Waals surface area contributed by atoms with Gasteiger partial charge in [0.1, 0.15) is 12.1 Å². The number of hydrogen-bond acceptors (Lipinski definition) is 3. The lowest BCUT2D eigenvalue weighted by atomic mass is 9.92. The fourth-order valence-electron chi connectivity index (χ4n) is 2.93. The molecule has 146 valence electrons. The van der Waals surface area contributed by atoms with Gasteiger partial charge in [-0.1, -0.05) is 36.4 Å². The number of benzene rings is 2. The number of imide groups is 1. The molecule has 28 heavy (non-hydrogen) atoms. The van der Waals surface area contributed by atoms with E-state index in [9.17, 15) is 27.6 Å². The van der Waals surface area contributed by atoms with Crippen LogP contribution in [0.25, 0.3) is 0 Å². The van der Waals surface area contributed by atoms with Crippen LogP contribution in [0.4, 0.5) is 23.7 Å². The molecule has 2 aromatic rings. The summed E-state index contributed by atoms with van der Waals surface area (Å²) in [5.74, 6) is -1.41. The number of amides is 4. The monoisotopic (exact) mass is 391 g/mol. The maximum atomic E-state index is 12.8. The van der Waals surface area contributed by atoms with Crippen LogP contribution in [0, 0.1) is 0 Å². The van der Waals surface area contributed by atoms with Crippen LogP contribution in [0.1, 0.15) is 18.1 Å². The summed E-state index contributed by atoms with van der Waals surface area (Å²) < 4.78 is 38.3. The minimum Gasteiger partial charge on any atom is -0.325 e. The van der Waals surface area contributed by atoms with E-state index in [1.807, 2.05) is 0 Å². The summed E-state index contributed by atoms with van der Waals surface area (Å²) in [5.41, 5.74) is -1.78. The number of hydrogen-bond donors (Lipinski definition) is 2. The summed E-state index contributed by atoms with van der Waals surface area (Å²) >= 11 is 0. The first-order chi connectivity index (χ1) is 13.1. The zero-order chi connectivity index (χ0) is 20.5. The van der Waals surface area contributed by atoms with Crippen molar-refractivity contribution in [3.05, 3.63) is 65.7 Å². The molecule has 1 fully saturated rings. The van der Waals surface area contributed by atoms with E-state index in [1.54, 1.807) is 30.3 Å². The lowest BCUT2D eigenvalue weighted by molar-refractivity contribution is -0.137. The molecule has 1 aliphatic heterocycles. The van der Waals surface area contributed by atoms with Crippen molar-refractivity contribution in [3.8, 4) is 0 Å². The van der Waals surface area contributed by atoms with Gasteiger partial charge in [-0.2, -0.15) is 13.2 Å². The van der Waals surface area contributed by atoms with Crippen molar-refractivity contribution in [2.75, 3.05) is 11.9 Å². The van der Waals surface area contributed by atoms with Crippen LogP contribution in [-0.4, -0.2) is 29.3 Å². The molecular weight excluding hydrogens is 375 g/mol. The molecule has 1 heterocycles. The Morgan fingerprint density at radius 1 is 1.11 bits per heavy atom. The number of rotatable bonds is 4. The summed E-state index contributed by atoms with van der Waals surface area (Å²) in [4.78, 5) is 37.9. The quantitative estimate of drug-likeness (QED) is 0.787. The second-order valence-electron chi connectivity index (χ2n) is 6.44. The molecule has 4 amide bonds. The Morgan fingerprint density at radius 2 is 1.79 bits per heavy atom. The van der Waals surface area contributed by atoms with Gasteiger partial charge in [-0.25, -0.2) is 4.79 Å². The van der Waals surface area contributed by atoms with Crippen molar-refractivity contribution in [3.63, 3.8) is 0 Å². The Kier molecular flexibility index (Phi) is 4.84. The molecule has 3 rings (SSSR count). The number of halogens is 3. The van der Waals surface area contributed by atoms with Gasteiger partial charge in [-0.15, -0.1) is 0 Å². The number of alkyl halides is 3. The highest BCUT2D eigenvalue weighted by molar-refractivity contribution is 6.10. The third-order valence-corrected chi connectivity index (χ3v) is 4.40. The first-order valence-electron chi connectivity index (χ1n) is 8.28. The molecule has 0 aromatic heterocycles. The Labute approximate surface area is 158 Å². The zero-order valence-corrected chi connectivity index (χ0v) is 14.7. The van der Waals surface area contributed by atoms with Gasteiger partial charge in [0.25, 0.3) is 5.91 Å². The first kappa shape index (κ1) is 19.4. The lowest BCUT2D eigenvalue weighted by Gasteiger charge is -2.22. The van der Waals surface area contributed by atoms with Gasteiger partial charge in [-0.05, 0) is 30.7 Å². The number of nitrogens with one attached hydrogen (secondary N) is 2. The van der Waals surface area contributed by atoms with Gasteiger partial charge in [0.2, 0.25) is 5.91 Å². The molecule has 0 aliphatic carbocycles. The van der Waals surface area contributed by atoms with Gasteiger partial charge in [-0.3, -0.25) is 14.5 Å². The molecule has 1 atom stereocenters. The van der Waals surface area contributed by atoms with E-state index in [0.717, 1.165) is 23.1 Å². The minimum absolute atomic E-state index is 0.0855. The molecule has 2 aromatic carbocycles. The van der Waals surface area contributed by atoms with Gasteiger partial charge >= 0.3 is 12.2 Å². The molecule has 0 saturated carbocycles. The molecule has 1 saturated heterocycles. The van der Waals surface area contributed by atoms with Crippen molar-refractivity contribution >= 4 is 23.5 Å². The van der Waals surface area contributed by atoms with Crippen LogP contribution in [0.3, 0.4) is 0 Å². The number of nitrogens with zero attached hydrogens (tertiary/aromatic N) is 1. The van der Waals surface area contributed by atoms with E-state index in [0.29, 0.717) is 5.56 Å². The van der Waals surface area contributed by atoms with E-state index in [-0.39, 0.29) is 5.69 Å². The Bertz CT molecular complexity index is 931. The van der Waals surface area contributed by atoms with Crippen molar-refractivity contribution in [2.24, 2.45) is 0 Å². The summed E-state index contributed by atoms with van der Waals surface area (Å²) in [6, 6.07) is 11.9. The van der Waals surface area contributed by atoms with Crippen LogP contribution >= 0.6 is 0 Å². The second kappa shape index (κ2) is 6.99. The summed E-state index contributed by atoms with van der Waals surface area (Å²) in [5, 5.41) is 4.83. The molecule has 0 spiro atoms.